The van der Waals surface area contributed by atoms with Crippen LogP contribution in [0.25, 0.3) is 10.9 Å². The number of nitrogens with zero attached hydrogens (tertiary/aromatic N) is 2. The normalized spacial score (nSPS) is 19.1. The first kappa shape index (κ1) is 20.6. The molecule has 0 radical (unpaired) electrons. The van der Waals surface area contributed by atoms with E-state index in [4.69, 9.17) is 16.3 Å². The Hall–Kier alpha value is -2.08. The fourth-order valence-corrected chi connectivity index (χ4v) is 3.23. The van der Waals surface area contributed by atoms with Crippen LogP contribution in [-0.4, -0.2) is 29.2 Å². The molecule has 1 saturated heterocycles. The van der Waals surface area contributed by atoms with E-state index in [0.29, 0.717) is 29.2 Å². The molecule has 1 aromatic carbocycles. The average molecular weight is 402 g/mol. The quantitative estimate of drug-likeness (QED) is 0.632. The molecule has 1 aliphatic heterocycles. The van der Waals surface area contributed by atoms with Gasteiger partial charge in [0.05, 0.1) is 12.3 Å². The van der Waals surface area contributed by atoms with Crippen molar-refractivity contribution < 1.29 is 9.13 Å². The molecule has 0 spiro atoms. The maximum Gasteiger partial charge on any atom is 0.149 e. The topological polar surface area (TPSA) is 47.0 Å². The number of fused-ring (bicyclic) bond motifs is 1. The summed E-state index contributed by atoms with van der Waals surface area (Å²) in [5.74, 6) is 0.240. The Balaban J connectivity index is 0.000000236. The first-order valence-electron chi connectivity index (χ1n) is 9.46. The Morgan fingerprint density at radius 2 is 2.07 bits per heavy atom. The molecule has 2 atom stereocenters. The van der Waals surface area contributed by atoms with Crippen molar-refractivity contribution in [1.29, 1.82) is 0 Å². The number of ether oxygens (including phenoxy) is 1. The van der Waals surface area contributed by atoms with E-state index < -0.39 is 0 Å². The second-order valence-corrected chi connectivity index (χ2v) is 7.49. The molecule has 2 aromatic heterocycles. The molecular formula is C22H25ClFN3O. The summed E-state index contributed by atoms with van der Waals surface area (Å²) in [5.41, 5.74) is 2.46. The van der Waals surface area contributed by atoms with Gasteiger partial charge in [0.15, 0.2) is 0 Å². The van der Waals surface area contributed by atoms with Crippen LogP contribution in [0.3, 0.4) is 0 Å². The lowest BCUT2D eigenvalue weighted by molar-refractivity contribution is 0.0385. The van der Waals surface area contributed by atoms with Gasteiger partial charge in [-0.25, -0.2) is 14.4 Å². The molecule has 4 nitrogen and oxygen atoms in total. The van der Waals surface area contributed by atoms with E-state index in [0.717, 1.165) is 36.3 Å². The van der Waals surface area contributed by atoms with Crippen LogP contribution < -0.4 is 5.32 Å². The molecule has 0 aliphatic carbocycles. The Morgan fingerprint density at radius 3 is 2.79 bits per heavy atom. The first-order chi connectivity index (χ1) is 13.5. The van der Waals surface area contributed by atoms with Crippen molar-refractivity contribution in [2.45, 2.75) is 32.9 Å². The SMILES string of the molecule is CC1COCCC1NCc1ccc2cccc(F)c2n1.Cc1ccc(Cl)nc1. The van der Waals surface area contributed by atoms with Crippen molar-refractivity contribution in [2.24, 2.45) is 5.92 Å². The number of pyridine rings is 2. The van der Waals surface area contributed by atoms with Gasteiger partial charge in [-0.05, 0) is 43.0 Å². The highest BCUT2D eigenvalue weighted by molar-refractivity contribution is 6.29. The summed E-state index contributed by atoms with van der Waals surface area (Å²) >= 11 is 5.50. The number of para-hydroxylation sites is 1. The van der Waals surface area contributed by atoms with Crippen molar-refractivity contribution in [3.05, 3.63) is 70.9 Å². The molecule has 0 bridgehead atoms. The number of halogens is 2. The molecule has 1 aliphatic rings. The summed E-state index contributed by atoms with van der Waals surface area (Å²) in [7, 11) is 0. The minimum Gasteiger partial charge on any atom is -0.381 e. The van der Waals surface area contributed by atoms with E-state index in [-0.39, 0.29) is 5.82 Å². The highest BCUT2D eigenvalue weighted by Gasteiger charge is 2.21. The fraction of sp³-hybridized carbons (Fsp3) is 0.364. The van der Waals surface area contributed by atoms with Crippen molar-refractivity contribution in [1.82, 2.24) is 15.3 Å². The van der Waals surface area contributed by atoms with Gasteiger partial charge in [-0.1, -0.05) is 42.8 Å². The number of hydrogen-bond donors (Lipinski definition) is 1. The zero-order valence-electron chi connectivity index (χ0n) is 16.2. The molecule has 1 N–H and O–H groups in total. The maximum atomic E-state index is 13.7. The maximum absolute atomic E-state index is 13.7. The third-order valence-corrected chi connectivity index (χ3v) is 5.01. The van der Waals surface area contributed by atoms with E-state index in [1.165, 1.54) is 6.07 Å². The van der Waals surface area contributed by atoms with E-state index in [1.54, 1.807) is 18.3 Å². The number of aryl methyl sites for hydroxylation is 1. The van der Waals surface area contributed by atoms with Crippen LogP contribution in [0.5, 0.6) is 0 Å². The van der Waals surface area contributed by atoms with E-state index >= 15 is 0 Å². The lowest BCUT2D eigenvalue weighted by atomic mass is 9.98. The van der Waals surface area contributed by atoms with Gasteiger partial charge in [0.1, 0.15) is 16.5 Å². The van der Waals surface area contributed by atoms with Crippen molar-refractivity contribution in [2.75, 3.05) is 13.2 Å². The summed E-state index contributed by atoms with van der Waals surface area (Å²) < 4.78 is 19.2. The van der Waals surface area contributed by atoms with Gasteiger partial charge >= 0.3 is 0 Å². The van der Waals surface area contributed by atoms with Crippen LogP contribution in [0.2, 0.25) is 5.15 Å². The largest absolute Gasteiger partial charge is 0.381 e. The van der Waals surface area contributed by atoms with Gasteiger partial charge < -0.3 is 10.1 Å². The number of aromatic nitrogens is 2. The van der Waals surface area contributed by atoms with Crippen molar-refractivity contribution in [3.8, 4) is 0 Å². The number of rotatable bonds is 3. The Labute approximate surface area is 170 Å². The minimum atomic E-state index is -0.260. The van der Waals surface area contributed by atoms with Crippen LogP contribution in [0.1, 0.15) is 24.6 Å². The summed E-state index contributed by atoms with van der Waals surface area (Å²) in [6.07, 6.45) is 2.76. The zero-order chi connectivity index (χ0) is 19.9. The lowest BCUT2D eigenvalue weighted by Crippen LogP contribution is -2.41. The van der Waals surface area contributed by atoms with Gasteiger partial charge in [-0.2, -0.15) is 0 Å². The van der Waals surface area contributed by atoms with Gasteiger partial charge in [0, 0.05) is 30.8 Å². The summed E-state index contributed by atoms with van der Waals surface area (Å²) in [4.78, 5) is 8.26. The highest BCUT2D eigenvalue weighted by atomic mass is 35.5. The summed E-state index contributed by atoms with van der Waals surface area (Å²) in [6, 6.07) is 13.1. The molecule has 3 aromatic rings. The van der Waals surface area contributed by atoms with Gasteiger partial charge in [-0.15, -0.1) is 0 Å². The number of benzene rings is 1. The minimum absolute atomic E-state index is 0.260. The molecule has 4 rings (SSSR count). The Kier molecular flexibility index (Phi) is 7.31. The summed E-state index contributed by atoms with van der Waals surface area (Å²) in [6.45, 7) is 6.44. The van der Waals surface area contributed by atoms with Gasteiger partial charge in [0.25, 0.3) is 0 Å². The Bertz CT molecular complexity index is 883. The van der Waals surface area contributed by atoms with Crippen LogP contribution >= 0.6 is 11.6 Å². The highest BCUT2D eigenvalue weighted by Crippen LogP contribution is 2.17. The molecule has 2 unspecified atom stereocenters. The molecule has 3 heterocycles. The average Bonchev–Trinajstić information content (AvgIpc) is 2.71. The van der Waals surface area contributed by atoms with Crippen LogP contribution in [0, 0.1) is 18.7 Å². The van der Waals surface area contributed by atoms with E-state index in [9.17, 15) is 4.39 Å². The van der Waals surface area contributed by atoms with Crippen LogP contribution in [0.4, 0.5) is 4.39 Å². The van der Waals surface area contributed by atoms with Crippen molar-refractivity contribution >= 4 is 22.5 Å². The second kappa shape index (κ2) is 9.92. The third-order valence-electron chi connectivity index (χ3n) is 4.79. The smallest absolute Gasteiger partial charge is 0.149 e. The molecule has 0 amide bonds. The van der Waals surface area contributed by atoms with Crippen LogP contribution in [0.15, 0.2) is 48.7 Å². The molecule has 28 heavy (non-hydrogen) atoms. The zero-order valence-corrected chi connectivity index (χ0v) is 16.9. The van der Waals surface area contributed by atoms with E-state index in [2.05, 4.69) is 22.2 Å². The van der Waals surface area contributed by atoms with E-state index in [1.807, 2.05) is 31.2 Å². The third kappa shape index (κ3) is 5.71. The predicted octanol–water partition coefficient (Wildman–Crippen LogP) is 4.93. The molecule has 148 valence electrons. The monoisotopic (exact) mass is 401 g/mol. The summed E-state index contributed by atoms with van der Waals surface area (Å²) in [5, 5.41) is 4.90. The molecule has 1 fully saturated rings. The standard InChI is InChI=1S/C16H19FN2O.C6H6ClN/c1-11-10-20-8-7-15(11)18-9-13-6-5-12-3-2-4-14(17)16(12)19-13;1-5-2-3-6(7)8-4-5/h2-6,11,15,18H,7-10H2,1H3;2-4H,1H3. The van der Waals surface area contributed by atoms with Gasteiger partial charge in [0.2, 0.25) is 0 Å². The second-order valence-electron chi connectivity index (χ2n) is 7.10. The number of nitrogens with one attached hydrogen (secondary N) is 1. The predicted molar refractivity (Wildman–Crippen MR) is 111 cm³/mol. The molecule has 6 heteroatoms. The molecule has 0 saturated carbocycles. The molecular weight excluding hydrogens is 377 g/mol. The van der Waals surface area contributed by atoms with Gasteiger partial charge in [-0.3, -0.25) is 0 Å². The fourth-order valence-electron chi connectivity index (χ4n) is 3.12. The number of hydrogen-bond acceptors (Lipinski definition) is 4. The van der Waals surface area contributed by atoms with Crippen LogP contribution in [-0.2, 0) is 11.3 Å². The lowest BCUT2D eigenvalue weighted by Gasteiger charge is -2.29. The van der Waals surface area contributed by atoms with Crippen molar-refractivity contribution in [3.63, 3.8) is 0 Å². The first-order valence-corrected chi connectivity index (χ1v) is 9.84. The Morgan fingerprint density at radius 1 is 1.21 bits per heavy atom.